The number of hydrogen-bond acceptors (Lipinski definition) is 2. The molecule has 2 heterocycles. The van der Waals surface area contributed by atoms with Crippen LogP contribution in [0.4, 0.5) is 17.1 Å². The number of fused-ring (bicyclic) bond motifs is 4. The Morgan fingerprint density at radius 1 is 0.429 bits per heavy atom. The van der Waals surface area contributed by atoms with Crippen LogP contribution < -0.4 is 4.90 Å². The van der Waals surface area contributed by atoms with Gasteiger partial charge >= 0.3 is 0 Å². The molecular weight excluding hydrogens is 697 g/mol. The molecule has 0 unspecified atom stereocenters. The van der Waals surface area contributed by atoms with Gasteiger partial charge in [0, 0.05) is 51.9 Å². The molecule has 0 aliphatic heterocycles. The predicted octanol–water partition coefficient (Wildman–Crippen LogP) is 16.4. The van der Waals surface area contributed by atoms with E-state index in [0.717, 1.165) is 0 Å². The number of hydrogen-bond donors (Lipinski definition) is 0. The lowest BCUT2D eigenvalue weighted by Gasteiger charge is -2.25. The Morgan fingerprint density at radius 3 is 1.39 bits per heavy atom. The van der Waals surface area contributed by atoms with E-state index >= 15 is 0 Å². The van der Waals surface area contributed by atoms with Crippen LogP contribution in [0.15, 0.2) is 212 Å². The summed E-state index contributed by atoms with van der Waals surface area (Å²) in [6.45, 7) is 6.35. The topological polar surface area (TPSA) is 8.17 Å². The molecule has 0 aliphatic rings. The minimum Gasteiger partial charge on any atom is -0.311 e. The molecule has 0 fully saturated rings. The van der Waals surface area contributed by atoms with Gasteiger partial charge in [0.25, 0.3) is 0 Å². The third kappa shape index (κ3) is 8.05. The molecule has 0 N–H and O–H groups in total. The summed E-state index contributed by atoms with van der Waals surface area (Å²) in [4.78, 5) is 3.61. The van der Waals surface area contributed by atoms with E-state index in [1.165, 1.54) is 81.8 Å². The zero-order valence-corrected chi connectivity index (χ0v) is 32.8. The Bertz CT molecular complexity index is 2700. The van der Waals surface area contributed by atoms with Gasteiger partial charge in [0.2, 0.25) is 0 Å². The highest BCUT2D eigenvalue weighted by Crippen LogP contribution is 2.35. The molecule has 0 saturated heterocycles. The van der Waals surface area contributed by atoms with Crippen LogP contribution in [0, 0.1) is 20.8 Å². The third-order valence-electron chi connectivity index (χ3n) is 9.95. The second kappa shape index (κ2) is 16.8. The van der Waals surface area contributed by atoms with Gasteiger partial charge in [-0.25, -0.2) is 0 Å². The highest BCUT2D eigenvalue weighted by atomic mass is 32.1. The summed E-state index contributed by atoms with van der Waals surface area (Å²) in [5.74, 6) is 0. The monoisotopic (exact) mass is 754 g/mol. The first-order valence-corrected chi connectivity index (χ1v) is 19.9. The van der Waals surface area contributed by atoms with E-state index in [0.29, 0.717) is 0 Å². The highest BCUT2D eigenvalue weighted by Gasteiger charge is 2.12. The maximum atomic E-state index is 5.00. The van der Waals surface area contributed by atoms with E-state index in [1.54, 1.807) is 0 Å². The summed E-state index contributed by atoms with van der Waals surface area (Å²) in [5, 5.41) is 3.95. The van der Waals surface area contributed by atoms with Crippen molar-refractivity contribution in [1.82, 2.24) is 4.57 Å². The summed E-state index contributed by atoms with van der Waals surface area (Å²) < 4.78 is 23.7. The van der Waals surface area contributed by atoms with E-state index < -0.39 is 0 Å². The lowest BCUT2D eigenvalue weighted by Crippen LogP contribution is -2.09. The van der Waals surface area contributed by atoms with Crippen LogP contribution in [0.3, 0.4) is 0 Å². The Hall–Kier alpha value is -6.68. The molecular formula is C53H52N2S. The second-order valence-corrected chi connectivity index (χ2v) is 15.1. The van der Waals surface area contributed by atoms with Gasteiger partial charge < -0.3 is 9.47 Å². The van der Waals surface area contributed by atoms with Crippen LogP contribution in [0.2, 0.25) is 0 Å². The largest absolute Gasteiger partial charge is 0.311 e. The quantitative estimate of drug-likeness (QED) is 0.170. The van der Waals surface area contributed by atoms with Crippen LogP contribution in [0.25, 0.3) is 48.0 Å². The third-order valence-corrected chi connectivity index (χ3v) is 11.1. The molecule has 0 atom stereocenters. The molecule has 0 aliphatic carbocycles. The minimum atomic E-state index is 0. The van der Waals surface area contributed by atoms with Gasteiger partial charge in [-0.05, 0) is 105 Å². The SMILES string of the molecule is Cc1ccc(-c2cc3ccccc3s2)cc1.Cc1ccc(-n2c3ccccc3c3ccccc32)cc1.Cc1ccc(N(c2ccccc2)c2ccccc2)cc1.[2HH].[2HH].[2H][2H].[2H][2H]. The average Bonchev–Trinajstić information content (AvgIpc) is 3.90. The van der Waals surface area contributed by atoms with E-state index in [9.17, 15) is 0 Å². The van der Waals surface area contributed by atoms with Crippen molar-refractivity contribution in [3.05, 3.63) is 229 Å². The van der Waals surface area contributed by atoms with Crippen LogP contribution in [0.5, 0.6) is 0 Å². The standard InChI is InChI=1S/C19H15N.C19H17N.C15H12S.4H2/c1-14-10-12-15(13-11-14)20-18-8-4-2-6-16(18)17-7-3-5-9-19(17)20;1-16-12-14-19(15-13-16)20(17-8-4-2-5-9-17)18-10-6-3-7-11-18;1-11-6-8-12(9-7-11)15-10-13-4-2-3-5-14(13)16-15;;;;/h2-13H,1H3;2-15H,1H3;2-10H,1H3;4*1H/i;;;2*1+1D;2*1+1. The van der Waals surface area contributed by atoms with E-state index in [-0.39, 0.29) is 2.85 Å². The number of para-hydroxylation sites is 4. The van der Waals surface area contributed by atoms with Crippen molar-refractivity contribution in [2.45, 2.75) is 20.8 Å². The molecule has 0 radical (unpaired) electrons. The molecule has 3 heteroatoms. The van der Waals surface area contributed by atoms with E-state index in [4.69, 9.17) is 5.94 Å². The lowest BCUT2D eigenvalue weighted by atomic mass is 10.1. The Labute approximate surface area is 343 Å². The van der Waals surface area contributed by atoms with Crippen molar-refractivity contribution >= 4 is 60.3 Å². The molecule has 0 saturated carbocycles. The fourth-order valence-corrected chi connectivity index (χ4v) is 8.10. The molecule has 0 spiro atoms. The first-order chi connectivity index (χ1) is 29.5. The number of nitrogens with zero attached hydrogens (tertiary/aromatic N) is 2. The number of rotatable bonds is 5. The molecule has 2 nitrogen and oxygen atoms in total. The van der Waals surface area contributed by atoms with Gasteiger partial charge in [-0.15, -0.1) is 11.3 Å². The fraction of sp³-hybridized carbons (Fsp3) is 0.0566. The maximum absolute atomic E-state index is 5.00. The number of aromatic nitrogens is 1. The summed E-state index contributed by atoms with van der Waals surface area (Å²) in [6.07, 6.45) is 0. The number of anilines is 3. The molecule has 2 aromatic heterocycles. The van der Waals surface area contributed by atoms with Crippen LogP contribution in [-0.2, 0) is 0 Å². The van der Waals surface area contributed by atoms with Crippen molar-refractivity contribution in [2.24, 2.45) is 0 Å². The Kier molecular flexibility index (Phi) is 10.1. The van der Waals surface area contributed by atoms with Gasteiger partial charge in [0.05, 0.1) is 11.0 Å². The first kappa shape index (κ1) is 33.9. The van der Waals surface area contributed by atoms with E-state index in [1.807, 2.05) is 23.5 Å². The van der Waals surface area contributed by atoms with Gasteiger partial charge in [-0.1, -0.05) is 156 Å². The number of aryl methyl sites for hydroxylation is 3. The summed E-state index contributed by atoms with van der Waals surface area (Å²) in [5.41, 5.74) is 12.4. The van der Waals surface area contributed by atoms with Crippen molar-refractivity contribution in [3.8, 4) is 16.1 Å². The zero-order chi connectivity index (χ0) is 42.3. The van der Waals surface area contributed by atoms with Crippen molar-refractivity contribution in [2.75, 3.05) is 4.90 Å². The molecule has 10 aromatic rings. The molecule has 56 heavy (non-hydrogen) atoms. The minimum absolute atomic E-state index is 0. The van der Waals surface area contributed by atoms with E-state index in [2.05, 4.69) is 230 Å². The van der Waals surface area contributed by atoms with Gasteiger partial charge in [-0.3, -0.25) is 0 Å². The van der Waals surface area contributed by atoms with Gasteiger partial charge in [0.15, 0.2) is 0 Å². The number of thiophene rings is 1. The zero-order valence-electron chi connectivity index (χ0n) is 36.0. The molecule has 0 bridgehead atoms. The smallest absolute Gasteiger partial charge is 0.0541 e. The van der Waals surface area contributed by atoms with Gasteiger partial charge in [0.1, 0.15) is 0 Å². The van der Waals surface area contributed by atoms with Crippen LogP contribution >= 0.6 is 11.3 Å². The maximum Gasteiger partial charge on any atom is 0.0541 e. The highest BCUT2D eigenvalue weighted by molar-refractivity contribution is 7.22. The summed E-state index contributed by atoms with van der Waals surface area (Å²) in [6, 6.07) is 74.9. The van der Waals surface area contributed by atoms with Gasteiger partial charge in [-0.2, -0.15) is 0 Å². The number of benzene rings is 8. The van der Waals surface area contributed by atoms with Crippen molar-refractivity contribution < 1.29 is 8.79 Å². The van der Waals surface area contributed by atoms with Crippen molar-refractivity contribution in [1.29, 1.82) is 0 Å². The Balaban J connectivity index is 0.000000194. The molecule has 8 aromatic carbocycles. The second-order valence-electron chi connectivity index (χ2n) is 14.1. The fourth-order valence-electron chi connectivity index (χ4n) is 7.03. The summed E-state index contributed by atoms with van der Waals surface area (Å²) in [7, 11) is 0. The first-order valence-electron chi connectivity index (χ1n) is 21.1. The Morgan fingerprint density at radius 2 is 0.857 bits per heavy atom. The average molecular weight is 755 g/mol. The van der Waals surface area contributed by atoms with Crippen LogP contribution in [0.1, 0.15) is 25.5 Å². The lowest BCUT2D eigenvalue weighted by molar-refractivity contribution is 1.17. The summed E-state index contributed by atoms with van der Waals surface area (Å²) >= 11 is 1.86. The van der Waals surface area contributed by atoms with Crippen LogP contribution in [-0.4, -0.2) is 4.57 Å². The molecule has 10 rings (SSSR count). The molecule has 0 amide bonds. The normalized spacial score (nSPS) is 11.1. The van der Waals surface area contributed by atoms with Crippen molar-refractivity contribution in [3.63, 3.8) is 0 Å². The predicted molar refractivity (Wildman–Crippen MR) is 252 cm³/mol. The molecule has 280 valence electrons.